The summed E-state index contributed by atoms with van der Waals surface area (Å²) in [4.78, 5) is 30.0. The standard InChI is InChI=1S/C14H17Cl2N3O2/c1-9(14(21)19-7-3-2-4-8-19)17-13(20)12-10(15)5-6-11(16)18-12/h5-6,9H,2-4,7-8H2,1H3,(H,17,20). The number of carbonyl (C=O) groups excluding carboxylic acids is 2. The molecule has 1 unspecified atom stereocenters. The number of piperidine rings is 1. The Kier molecular flexibility index (Phi) is 5.42. The summed E-state index contributed by atoms with van der Waals surface area (Å²) < 4.78 is 0. The van der Waals surface area contributed by atoms with Crippen LogP contribution in [0.3, 0.4) is 0 Å². The van der Waals surface area contributed by atoms with Gasteiger partial charge in [-0.3, -0.25) is 9.59 Å². The lowest BCUT2D eigenvalue weighted by atomic mass is 10.1. The van der Waals surface area contributed by atoms with Crippen molar-refractivity contribution in [3.05, 3.63) is 28.0 Å². The smallest absolute Gasteiger partial charge is 0.272 e. The first-order chi connectivity index (χ1) is 9.99. The summed E-state index contributed by atoms with van der Waals surface area (Å²) in [5, 5.41) is 3.01. The van der Waals surface area contributed by atoms with Crippen LogP contribution in [0.2, 0.25) is 10.2 Å². The van der Waals surface area contributed by atoms with Crippen LogP contribution in [-0.4, -0.2) is 40.8 Å². The largest absolute Gasteiger partial charge is 0.341 e. The van der Waals surface area contributed by atoms with E-state index in [0.29, 0.717) is 0 Å². The van der Waals surface area contributed by atoms with E-state index in [-0.39, 0.29) is 21.8 Å². The second kappa shape index (κ2) is 7.09. The lowest BCUT2D eigenvalue weighted by molar-refractivity contribution is -0.133. The number of halogens is 2. The number of pyridine rings is 1. The molecule has 1 atom stereocenters. The quantitative estimate of drug-likeness (QED) is 0.866. The molecule has 114 valence electrons. The number of amides is 2. The van der Waals surface area contributed by atoms with Gasteiger partial charge < -0.3 is 10.2 Å². The Morgan fingerprint density at radius 1 is 1.24 bits per heavy atom. The average Bonchev–Trinajstić information content (AvgIpc) is 2.49. The van der Waals surface area contributed by atoms with Gasteiger partial charge in [0.2, 0.25) is 5.91 Å². The van der Waals surface area contributed by atoms with Crippen LogP contribution in [-0.2, 0) is 4.79 Å². The zero-order chi connectivity index (χ0) is 15.4. The highest BCUT2D eigenvalue weighted by atomic mass is 35.5. The Hall–Kier alpha value is -1.33. The van der Waals surface area contributed by atoms with Crippen LogP contribution in [0.15, 0.2) is 12.1 Å². The average molecular weight is 330 g/mol. The Morgan fingerprint density at radius 3 is 2.57 bits per heavy atom. The van der Waals surface area contributed by atoms with Crippen molar-refractivity contribution < 1.29 is 9.59 Å². The van der Waals surface area contributed by atoms with Crippen molar-refractivity contribution in [2.75, 3.05) is 13.1 Å². The molecule has 2 amide bonds. The Balaban J connectivity index is 2.01. The minimum absolute atomic E-state index is 0.0301. The number of nitrogens with one attached hydrogen (secondary N) is 1. The summed E-state index contributed by atoms with van der Waals surface area (Å²) in [5.74, 6) is -0.582. The summed E-state index contributed by atoms with van der Waals surface area (Å²) in [7, 11) is 0. The van der Waals surface area contributed by atoms with E-state index in [0.717, 1.165) is 32.4 Å². The SMILES string of the molecule is CC(NC(=O)c1nc(Cl)ccc1Cl)C(=O)N1CCCCC1. The van der Waals surface area contributed by atoms with E-state index >= 15 is 0 Å². The van der Waals surface area contributed by atoms with E-state index in [2.05, 4.69) is 10.3 Å². The minimum Gasteiger partial charge on any atom is -0.341 e. The van der Waals surface area contributed by atoms with Gasteiger partial charge >= 0.3 is 0 Å². The molecule has 1 aliphatic heterocycles. The van der Waals surface area contributed by atoms with E-state index in [1.54, 1.807) is 11.8 Å². The van der Waals surface area contributed by atoms with Crippen molar-refractivity contribution >= 4 is 35.0 Å². The molecule has 1 aliphatic rings. The van der Waals surface area contributed by atoms with E-state index in [9.17, 15) is 9.59 Å². The molecular formula is C14H17Cl2N3O2. The Bertz CT molecular complexity index is 545. The summed E-state index contributed by atoms with van der Waals surface area (Å²) in [5.41, 5.74) is 0.0301. The second-order valence-electron chi connectivity index (χ2n) is 5.05. The van der Waals surface area contributed by atoms with Crippen molar-refractivity contribution in [3.63, 3.8) is 0 Å². The van der Waals surface area contributed by atoms with E-state index < -0.39 is 11.9 Å². The molecule has 1 saturated heterocycles. The fourth-order valence-electron chi connectivity index (χ4n) is 2.29. The maximum Gasteiger partial charge on any atom is 0.272 e. The molecule has 1 aromatic rings. The highest BCUT2D eigenvalue weighted by molar-refractivity contribution is 6.34. The minimum atomic E-state index is -0.618. The molecule has 0 saturated carbocycles. The normalized spacial score (nSPS) is 16.4. The summed E-state index contributed by atoms with van der Waals surface area (Å²) in [6, 6.07) is 2.39. The van der Waals surface area contributed by atoms with Crippen LogP contribution < -0.4 is 5.32 Å². The molecular weight excluding hydrogens is 313 g/mol. The first-order valence-corrected chi connectivity index (χ1v) is 7.66. The van der Waals surface area contributed by atoms with Crippen molar-refractivity contribution in [2.45, 2.75) is 32.2 Å². The predicted octanol–water partition coefficient (Wildman–Crippen LogP) is 2.52. The van der Waals surface area contributed by atoms with Gasteiger partial charge in [-0.2, -0.15) is 0 Å². The molecule has 0 aliphatic carbocycles. The van der Waals surface area contributed by atoms with Gasteiger partial charge in [-0.25, -0.2) is 4.98 Å². The van der Waals surface area contributed by atoms with Crippen LogP contribution in [0.4, 0.5) is 0 Å². The number of carbonyl (C=O) groups is 2. The van der Waals surface area contributed by atoms with Crippen molar-refractivity contribution in [1.82, 2.24) is 15.2 Å². The van der Waals surface area contributed by atoms with Crippen LogP contribution >= 0.6 is 23.2 Å². The maximum atomic E-state index is 12.2. The Labute approximate surface area is 133 Å². The van der Waals surface area contributed by atoms with Crippen LogP contribution in [0.1, 0.15) is 36.7 Å². The van der Waals surface area contributed by atoms with Gasteiger partial charge in [0.15, 0.2) is 0 Å². The molecule has 1 aromatic heterocycles. The van der Waals surface area contributed by atoms with Crippen molar-refractivity contribution in [2.24, 2.45) is 0 Å². The lowest BCUT2D eigenvalue weighted by Gasteiger charge is -2.29. The Morgan fingerprint density at radius 2 is 1.90 bits per heavy atom. The number of nitrogens with zero attached hydrogens (tertiary/aromatic N) is 2. The highest BCUT2D eigenvalue weighted by Crippen LogP contribution is 2.17. The van der Waals surface area contributed by atoms with Crippen LogP contribution in [0.25, 0.3) is 0 Å². The van der Waals surface area contributed by atoms with Crippen molar-refractivity contribution in [3.8, 4) is 0 Å². The van der Waals surface area contributed by atoms with Crippen LogP contribution in [0.5, 0.6) is 0 Å². The van der Waals surface area contributed by atoms with Crippen molar-refractivity contribution in [1.29, 1.82) is 0 Å². The first kappa shape index (κ1) is 16.0. The van der Waals surface area contributed by atoms with Gasteiger partial charge in [-0.15, -0.1) is 0 Å². The second-order valence-corrected chi connectivity index (χ2v) is 5.84. The lowest BCUT2D eigenvalue weighted by Crippen LogP contribution is -2.48. The predicted molar refractivity (Wildman–Crippen MR) is 81.6 cm³/mol. The zero-order valence-corrected chi connectivity index (χ0v) is 13.2. The molecule has 0 bridgehead atoms. The number of likely N-dealkylation sites (tertiary alicyclic amines) is 1. The zero-order valence-electron chi connectivity index (χ0n) is 11.7. The molecule has 2 rings (SSSR count). The number of hydrogen-bond acceptors (Lipinski definition) is 3. The third kappa shape index (κ3) is 4.08. The molecule has 5 nitrogen and oxygen atoms in total. The van der Waals surface area contributed by atoms with Crippen LogP contribution in [0, 0.1) is 0 Å². The number of hydrogen-bond donors (Lipinski definition) is 1. The van der Waals surface area contributed by atoms with E-state index in [1.165, 1.54) is 12.1 Å². The fraction of sp³-hybridized carbons (Fsp3) is 0.500. The molecule has 7 heteroatoms. The number of aromatic nitrogens is 1. The molecule has 0 spiro atoms. The van der Waals surface area contributed by atoms with Gasteiger partial charge in [-0.1, -0.05) is 23.2 Å². The molecule has 2 heterocycles. The molecule has 0 aromatic carbocycles. The molecule has 1 fully saturated rings. The topological polar surface area (TPSA) is 62.3 Å². The van der Waals surface area contributed by atoms with Gasteiger partial charge in [0.25, 0.3) is 5.91 Å². The third-order valence-electron chi connectivity index (χ3n) is 3.41. The van der Waals surface area contributed by atoms with Gasteiger partial charge in [0.05, 0.1) is 5.02 Å². The molecule has 1 N–H and O–H groups in total. The summed E-state index contributed by atoms with van der Waals surface area (Å²) in [6.45, 7) is 3.15. The molecule has 0 radical (unpaired) electrons. The third-order valence-corrected chi connectivity index (χ3v) is 3.93. The molecule has 21 heavy (non-hydrogen) atoms. The van der Waals surface area contributed by atoms with E-state index in [4.69, 9.17) is 23.2 Å². The first-order valence-electron chi connectivity index (χ1n) is 6.90. The maximum absolute atomic E-state index is 12.2. The van der Waals surface area contributed by atoms with E-state index in [1.807, 2.05) is 0 Å². The fourth-order valence-corrected chi connectivity index (χ4v) is 2.63. The highest BCUT2D eigenvalue weighted by Gasteiger charge is 2.24. The number of rotatable bonds is 3. The monoisotopic (exact) mass is 329 g/mol. The summed E-state index contributed by atoms with van der Waals surface area (Å²) in [6.07, 6.45) is 3.16. The van der Waals surface area contributed by atoms with Gasteiger partial charge in [-0.05, 0) is 38.3 Å². The van der Waals surface area contributed by atoms with Gasteiger partial charge in [0.1, 0.15) is 16.9 Å². The summed E-state index contributed by atoms with van der Waals surface area (Å²) >= 11 is 11.7. The van der Waals surface area contributed by atoms with Gasteiger partial charge in [0, 0.05) is 13.1 Å².